The Labute approximate surface area is 95.8 Å². The second kappa shape index (κ2) is 5.18. The lowest BCUT2D eigenvalue weighted by molar-refractivity contribution is -0.189. The van der Waals surface area contributed by atoms with E-state index in [0.29, 0.717) is 0 Å². The Hall–Kier alpha value is -1.56. The number of aliphatic hydroxyl groups excluding tert-OH is 1. The summed E-state index contributed by atoms with van der Waals surface area (Å²) in [6, 6.07) is 4.46. The number of halogens is 3. The van der Waals surface area contributed by atoms with Crippen LogP contribution in [0, 0.1) is 5.82 Å². The molecule has 0 spiro atoms. The average Bonchev–Trinajstić information content (AvgIpc) is 2.29. The third kappa shape index (κ3) is 2.76. The van der Waals surface area contributed by atoms with Gasteiger partial charge in [-0.3, -0.25) is 0 Å². The molecule has 17 heavy (non-hydrogen) atoms. The van der Waals surface area contributed by atoms with Gasteiger partial charge in [-0.2, -0.15) is 8.78 Å². The molecule has 1 rings (SSSR count). The normalized spacial score (nSPS) is 13.2. The maximum atomic E-state index is 13.4. The van der Waals surface area contributed by atoms with E-state index < -0.39 is 29.4 Å². The van der Waals surface area contributed by atoms with Gasteiger partial charge in [-0.15, -0.1) is 0 Å². The zero-order valence-corrected chi connectivity index (χ0v) is 8.99. The molecule has 3 nitrogen and oxygen atoms in total. The molecule has 1 aromatic rings. The van der Waals surface area contributed by atoms with Crippen molar-refractivity contribution in [3.05, 3.63) is 35.6 Å². The third-order valence-electron chi connectivity index (χ3n) is 2.09. The number of benzene rings is 1. The van der Waals surface area contributed by atoms with Gasteiger partial charge in [-0.1, -0.05) is 18.2 Å². The van der Waals surface area contributed by atoms with Crippen molar-refractivity contribution >= 4 is 5.97 Å². The van der Waals surface area contributed by atoms with Crippen molar-refractivity contribution in [2.24, 2.45) is 0 Å². The molecule has 1 aromatic carbocycles. The van der Waals surface area contributed by atoms with Gasteiger partial charge in [0.25, 0.3) is 0 Å². The Bertz CT molecular complexity index is 407. The quantitative estimate of drug-likeness (QED) is 0.829. The van der Waals surface area contributed by atoms with Crippen LogP contribution in [0.4, 0.5) is 13.2 Å². The van der Waals surface area contributed by atoms with E-state index in [1.165, 1.54) is 19.1 Å². The van der Waals surface area contributed by atoms with Gasteiger partial charge < -0.3 is 9.84 Å². The molecule has 0 aromatic heterocycles. The molecule has 0 aliphatic rings. The first-order valence-corrected chi connectivity index (χ1v) is 4.88. The highest BCUT2D eigenvalue weighted by Crippen LogP contribution is 2.33. The van der Waals surface area contributed by atoms with Crippen LogP contribution < -0.4 is 0 Å². The summed E-state index contributed by atoms with van der Waals surface area (Å²) in [7, 11) is 0. The van der Waals surface area contributed by atoms with Crippen molar-refractivity contribution in [2.75, 3.05) is 6.61 Å². The molecule has 0 saturated carbocycles. The molecule has 0 radical (unpaired) electrons. The Kier molecular flexibility index (Phi) is 4.11. The van der Waals surface area contributed by atoms with Crippen molar-refractivity contribution in [2.45, 2.75) is 19.0 Å². The average molecular weight is 248 g/mol. The number of rotatable bonds is 4. The molecule has 0 aliphatic heterocycles. The summed E-state index contributed by atoms with van der Waals surface area (Å²) in [5.41, 5.74) is -0.648. The summed E-state index contributed by atoms with van der Waals surface area (Å²) in [6.45, 7) is 1.10. The molecular formula is C11H11F3O3. The molecule has 0 saturated heterocycles. The van der Waals surface area contributed by atoms with E-state index >= 15 is 0 Å². The predicted molar refractivity (Wildman–Crippen MR) is 52.9 cm³/mol. The number of hydrogen-bond donors (Lipinski definition) is 1. The number of carbonyl (C=O) groups is 1. The fourth-order valence-corrected chi connectivity index (χ4v) is 1.23. The highest BCUT2D eigenvalue weighted by Gasteiger charge is 2.49. The van der Waals surface area contributed by atoms with E-state index in [9.17, 15) is 23.1 Å². The molecule has 0 aliphatic carbocycles. The van der Waals surface area contributed by atoms with Crippen molar-refractivity contribution in [1.29, 1.82) is 0 Å². The van der Waals surface area contributed by atoms with Gasteiger partial charge in [0, 0.05) is 5.56 Å². The number of esters is 1. The smallest absolute Gasteiger partial charge is 0.380 e. The van der Waals surface area contributed by atoms with Crippen LogP contribution >= 0.6 is 0 Å². The number of carbonyl (C=O) groups excluding carboxylic acids is 1. The Morgan fingerprint density at radius 1 is 1.47 bits per heavy atom. The largest absolute Gasteiger partial charge is 0.461 e. The highest BCUT2D eigenvalue weighted by molar-refractivity contribution is 5.78. The lowest BCUT2D eigenvalue weighted by atomic mass is 10.0. The predicted octanol–water partition coefficient (Wildman–Crippen LogP) is 2.06. The second-order valence-electron chi connectivity index (χ2n) is 3.27. The molecule has 0 amide bonds. The monoisotopic (exact) mass is 248 g/mol. The molecule has 94 valence electrons. The SMILES string of the molecule is CCOC(=O)C(F)(F)C(O)c1ccccc1F. The van der Waals surface area contributed by atoms with Crippen LogP contribution in [-0.4, -0.2) is 23.6 Å². The standard InChI is InChI=1S/C11H11F3O3/c1-2-17-10(16)11(13,14)9(15)7-5-3-4-6-8(7)12/h3-6,9,15H,2H2,1H3. The summed E-state index contributed by atoms with van der Waals surface area (Å²) in [4.78, 5) is 10.9. The van der Waals surface area contributed by atoms with Gasteiger partial charge in [0.2, 0.25) is 0 Å². The molecule has 1 atom stereocenters. The minimum atomic E-state index is -4.18. The number of alkyl halides is 2. The zero-order chi connectivity index (χ0) is 13.1. The molecule has 0 fully saturated rings. The Morgan fingerprint density at radius 3 is 2.59 bits per heavy atom. The van der Waals surface area contributed by atoms with Crippen LogP contribution in [0.3, 0.4) is 0 Å². The van der Waals surface area contributed by atoms with Crippen molar-refractivity contribution in [3.8, 4) is 0 Å². The van der Waals surface area contributed by atoms with Crippen molar-refractivity contribution in [3.63, 3.8) is 0 Å². The van der Waals surface area contributed by atoms with E-state index in [-0.39, 0.29) is 6.61 Å². The van der Waals surface area contributed by atoms with Crippen LogP contribution in [0.15, 0.2) is 24.3 Å². The van der Waals surface area contributed by atoms with Crippen molar-refractivity contribution in [1.82, 2.24) is 0 Å². The summed E-state index contributed by atoms with van der Waals surface area (Å²) in [6.07, 6.45) is -2.57. The number of hydrogen-bond acceptors (Lipinski definition) is 3. The second-order valence-corrected chi connectivity index (χ2v) is 3.27. The topological polar surface area (TPSA) is 46.5 Å². The zero-order valence-electron chi connectivity index (χ0n) is 8.99. The Morgan fingerprint density at radius 2 is 2.06 bits per heavy atom. The minimum absolute atomic E-state index is 0.252. The highest BCUT2D eigenvalue weighted by atomic mass is 19.3. The molecule has 0 bridgehead atoms. The van der Waals surface area contributed by atoms with Crippen LogP contribution in [-0.2, 0) is 9.53 Å². The number of ether oxygens (including phenoxy) is 1. The summed E-state index contributed by atoms with van der Waals surface area (Å²) in [5.74, 6) is -7.07. The van der Waals surface area contributed by atoms with Crippen LogP contribution in [0.5, 0.6) is 0 Å². The van der Waals surface area contributed by atoms with E-state index in [0.717, 1.165) is 12.1 Å². The van der Waals surface area contributed by atoms with Gasteiger partial charge in [0.15, 0.2) is 6.10 Å². The van der Waals surface area contributed by atoms with E-state index in [1.54, 1.807) is 0 Å². The first-order chi connectivity index (χ1) is 7.91. The summed E-state index contributed by atoms with van der Waals surface area (Å²) < 4.78 is 44.0. The van der Waals surface area contributed by atoms with Crippen LogP contribution in [0.25, 0.3) is 0 Å². The maximum Gasteiger partial charge on any atom is 0.380 e. The number of aliphatic hydroxyl groups is 1. The lowest BCUT2D eigenvalue weighted by Crippen LogP contribution is -2.37. The van der Waals surface area contributed by atoms with E-state index in [1.807, 2.05) is 0 Å². The van der Waals surface area contributed by atoms with Gasteiger partial charge >= 0.3 is 11.9 Å². The van der Waals surface area contributed by atoms with Gasteiger partial charge in [-0.05, 0) is 13.0 Å². The molecule has 0 heterocycles. The maximum absolute atomic E-state index is 13.4. The van der Waals surface area contributed by atoms with Gasteiger partial charge in [0.05, 0.1) is 6.61 Å². The van der Waals surface area contributed by atoms with E-state index in [2.05, 4.69) is 4.74 Å². The van der Waals surface area contributed by atoms with Crippen LogP contribution in [0.2, 0.25) is 0 Å². The molecule has 6 heteroatoms. The van der Waals surface area contributed by atoms with Gasteiger partial charge in [0.1, 0.15) is 5.82 Å². The summed E-state index contributed by atoms with van der Waals surface area (Å²) >= 11 is 0. The third-order valence-corrected chi connectivity index (χ3v) is 2.09. The van der Waals surface area contributed by atoms with E-state index in [4.69, 9.17) is 0 Å². The molecule has 1 unspecified atom stereocenters. The molecule has 1 N–H and O–H groups in total. The Balaban J connectivity index is 3.00. The first-order valence-electron chi connectivity index (χ1n) is 4.88. The van der Waals surface area contributed by atoms with Crippen molar-refractivity contribution < 1.29 is 27.8 Å². The van der Waals surface area contributed by atoms with Crippen LogP contribution in [0.1, 0.15) is 18.6 Å². The minimum Gasteiger partial charge on any atom is -0.461 e. The van der Waals surface area contributed by atoms with Gasteiger partial charge in [-0.25, -0.2) is 9.18 Å². The first kappa shape index (κ1) is 13.5. The molecular weight excluding hydrogens is 237 g/mol. The summed E-state index contributed by atoms with van der Waals surface area (Å²) in [5, 5.41) is 9.34. The lowest BCUT2D eigenvalue weighted by Gasteiger charge is -2.21. The fourth-order valence-electron chi connectivity index (χ4n) is 1.23. The fraction of sp³-hybridized carbons (Fsp3) is 0.364.